The second-order valence-corrected chi connectivity index (χ2v) is 8.84. The molecule has 0 spiro atoms. The van der Waals surface area contributed by atoms with Crippen molar-refractivity contribution in [2.45, 2.75) is 52.0 Å². The van der Waals surface area contributed by atoms with Gasteiger partial charge in [0.25, 0.3) is 0 Å². The van der Waals surface area contributed by atoms with Crippen molar-refractivity contribution in [1.29, 1.82) is 0 Å². The van der Waals surface area contributed by atoms with Crippen LogP contribution in [-0.2, 0) is 9.84 Å². The maximum absolute atomic E-state index is 11.3. The maximum atomic E-state index is 11.3. The van der Waals surface area contributed by atoms with E-state index in [1.165, 1.54) is 25.7 Å². The van der Waals surface area contributed by atoms with Crippen molar-refractivity contribution in [3.63, 3.8) is 0 Å². The van der Waals surface area contributed by atoms with E-state index in [1.807, 2.05) is 0 Å². The van der Waals surface area contributed by atoms with E-state index in [-0.39, 0.29) is 0 Å². The van der Waals surface area contributed by atoms with Gasteiger partial charge in [-0.25, -0.2) is 8.42 Å². The average Bonchev–Trinajstić information content (AvgIpc) is 2.57. The molecule has 3 nitrogen and oxygen atoms in total. The van der Waals surface area contributed by atoms with Crippen LogP contribution < -0.4 is 5.32 Å². The number of rotatable bonds is 3. The summed E-state index contributed by atoms with van der Waals surface area (Å²) in [6.07, 6.45) is 5.91. The first-order valence-electron chi connectivity index (χ1n) is 6.80. The summed E-state index contributed by atoms with van der Waals surface area (Å²) in [5.74, 6) is 1.16. The SMILES string of the molecule is CC1(C)CCC(NCC2CCS(=O)(=O)C2)CC1. The Balaban J connectivity index is 1.70. The average molecular weight is 259 g/mol. The molecule has 0 bridgehead atoms. The van der Waals surface area contributed by atoms with E-state index in [4.69, 9.17) is 0 Å². The van der Waals surface area contributed by atoms with Crippen molar-refractivity contribution in [3.8, 4) is 0 Å². The first-order chi connectivity index (χ1) is 7.86. The zero-order valence-electron chi connectivity index (χ0n) is 11.0. The molecule has 1 saturated carbocycles. The Labute approximate surface area is 105 Å². The summed E-state index contributed by atoms with van der Waals surface area (Å²) < 4.78 is 22.7. The zero-order chi connectivity index (χ0) is 12.5. The van der Waals surface area contributed by atoms with Crippen LogP contribution in [0.3, 0.4) is 0 Å². The molecule has 0 aromatic rings. The van der Waals surface area contributed by atoms with Crippen LogP contribution in [0.2, 0.25) is 0 Å². The zero-order valence-corrected chi connectivity index (χ0v) is 11.9. The molecule has 1 heterocycles. The van der Waals surface area contributed by atoms with Crippen LogP contribution >= 0.6 is 0 Å². The van der Waals surface area contributed by atoms with Gasteiger partial charge in [0, 0.05) is 6.04 Å². The van der Waals surface area contributed by atoms with Crippen molar-refractivity contribution in [2.24, 2.45) is 11.3 Å². The summed E-state index contributed by atoms with van der Waals surface area (Å²) in [5.41, 5.74) is 0.509. The lowest BCUT2D eigenvalue weighted by molar-refractivity contribution is 0.204. The Morgan fingerprint density at radius 2 is 1.82 bits per heavy atom. The maximum Gasteiger partial charge on any atom is 0.150 e. The highest BCUT2D eigenvalue weighted by atomic mass is 32.2. The van der Waals surface area contributed by atoms with E-state index in [9.17, 15) is 8.42 Å². The molecule has 1 unspecified atom stereocenters. The van der Waals surface area contributed by atoms with Crippen LogP contribution in [0.1, 0.15) is 46.0 Å². The number of sulfone groups is 1. The van der Waals surface area contributed by atoms with Crippen LogP contribution in [-0.4, -0.2) is 32.5 Å². The van der Waals surface area contributed by atoms with Gasteiger partial charge in [-0.3, -0.25) is 0 Å². The molecule has 0 amide bonds. The van der Waals surface area contributed by atoms with Gasteiger partial charge in [0.05, 0.1) is 11.5 Å². The third kappa shape index (κ3) is 3.95. The summed E-state index contributed by atoms with van der Waals surface area (Å²) in [6.45, 7) is 5.57. The Kier molecular flexibility index (Phi) is 3.83. The lowest BCUT2D eigenvalue weighted by Crippen LogP contribution is -2.38. The molecule has 1 aliphatic carbocycles. The van der Waals surface area contributed by atoms with Gasteiger partial charge < -0.3 is 5.32 Å². The number of nitrogens with one attached hydrogen (secondary N) is 1. The Bertz CT molecular complexity index is 352. The van der Waals surface area contributed by atoms with E-state index >= 15 is 0 Å². The van der Waals surface area contributed by atoms with Gasteiger partial charge >= 0.3 is 0 Å². The first-order valence-corrected chi connectivity index (χ1v) is 8.62. The molecular weight excluding hydrogens is 234 g/mol. The molecule has 17 heavy (non-hydrogen) atoms. The van der Waals surface area contributed by atoms with Crippen molar-refractivity contribution >= 4 is 9.84 Å². The highest BCUT2D eigenvalue weighted by Crippen LogP contribution is 2.35. The van der Waals surface area contributed by atoms with Crippen molar-refractivity contribution in [3.05, 3.63) is 0 Å². The Morgan fingerprint density at radius 1 is 1.18 bits per heavy atom. The minimum absolute atomic E-state index is 0.356. The predicted molar refractivity (Wildman–Crippen MR) is 70.8 cm³/mol. The summed E-state index contributed by atoms with van der Waals surface area (Å²) in [7, 11) is -2.71. The molecule has 1 aliphatic heterocycles. The van der Waals surface area contributed by atoms with Gasteiger partial charge in [0.2, 0.25) is 0 Å². The first kappa shape index (κ1) is 13.3. The van der Waals surface area contributed by atoms with Gasteiger partial charge in [-0.1, -0.05) is 13.8 Å². The molecule has 0 aromatic carbocycles. The van der Waals surface area contributed by atoms with Crippen LogP contribution in [0.4, 0.5) is 0 Å². The molecule has 2 aliphatic rings. The molecule has 0 aromatic heterocycles. The number of hydrogen-bond acceptors (Lipinski definition) is 3. The van der Waals surface area contributed by atoms with E-state index in [0.29, 0.717) is 28.9 Å². The fraction of sp³-hybridized carbons (Fsp3) is 1.00. The standard InChI is InChI=1S/C13H25NO2S/c1-13(2)6-3-12(4-7-13)14-9-11-5-8-17(15,16)10-11/h11-12,14H,3-10H2,1-2H3. The molecule has 1 atom stereocenters. The Morgan fingerprint density at radius 3 is 2.35 bits per heavy atom. The van der Waals surface area contributed by atoms with E-state index in [2.05, 4.69) is 19.2 Å². The summed E-state index contributed by atoms with van der Waals surface area (Å²) in [5, 5.41) is 3.57. The predicted octanol–water partition coefficient (Wildman–Crippen LogP) is 1.98. The summed E-state index contributed by atoms with van der Waals surface area (Å²) in [6, 6.07) is 0.617. The molecule has 1 saturated heterocycles. The lowest BCUT2D eigenvalue weighted by Gasteiger charge is -2.35. The fourth-order valence-corrected chi connectivity index (χ4v) is 4.83. The second kappa shape index (κ2) is 4.88. The quantitative estimate of drug-likeness (QED) is 0.843. The highest BCUT2D eigenvalue weighted by Gasteiger charge is 2.30. The lowest BCUT2D eigenvalue weighted by atomic mass is 9.75. The summed E-state index contributed by atoms with van der Waals surface area (Å²) in [4.78, 5) is 0. The van der Waals surface area contributed by atoms with Gasteiger partial charge in [0.15, 0.2) is 9.84 Å². The van der Waals surface area contributed by atoms with E-state index < -0.39 is 9.84 Å². The van der Waals surface area contributed by atoms with Crippen LogP contribution in [0.5, 0.6) is 0 Å². The monoisotopic (exact) mass is 259 g/mol. The van der Waals surface area contributed by atoms with Gasteiger partial charge in [-0.15, -0.1) is 0 Å². The normalized spacial score (nSPS) is 32.7. The summed E-state index contributed by atoms with van der Waals surface area (Å²) >= 11 is 0. The Hall–Kier alpha value is -0.0900. The van der Waals surface area contributed by atoms with Crippen LogP contribution in [0, 0.1) is 11.3 Å². The highest BCUT2D eigenvalue weighted by molar-refractivity contribution is 7.91. The van der Waals surface area contributed by atoms with Crippen molar-refractivity contribution in [1.82, 2.24) is 5.32 Å². The molecule has 100 valence electrons. The van der Waals surface area contributed by atoms with Crippen molar-refractivity contribution in [2.75, 3.05) is 18.1 Å². The molecule has 2 fully saturated rings. The molecular formula is C13H25NO2S. The second-order valence-electron chi connectivity index (χ2n) is 6.62. The van der Waals surface area contributed by atoms with E-state index in [0.717, 1.165) is 13.0 Å². The smallest absolute Gasteiger partial charge is 0.150 e. The third-order valence-electron chi connectivity index (χ3n) is 4.36. The number of hydrogen-bond donors (Lipinski definition) is 1. The largest absolute Gasteiger partial charge is 0.314 e. The molecule has 1 N–H and O–H groups in total. The van der Waals surface area contributed by atoms with Crippen LogP contribution in [0.25, 0.3) is 0 Å². The van der Waals surface area contributed by atoms with Gasteiger partial charge in [-0.2, -0.15) is 0 Å². The van der Waals surface area contributed by atoms with Crippen LogP contribution in [0.15, 0.2) is 0 Å². The third-order valence-corrected chi connectivity index (χ3v) is 6.20. The van der Waals surface area contributed by atoms with Crippen molar-refractivity contribution < 1.29 is 8.42 Å². The molecule has 4 heteroatoms. The topological polar surface area (TPSA) is 46.2 Å². The minimum atomic E-state index is -2.71. The van der Waals surface area contributed by atoms with E-state index in [1.54, 1.807) is 0 Å². The molecule has 2 rings (SSSR count). The molecule has 0 radical (unpaired) electrons. The van der Waals surface area contributed by atoms with Gasteiger partial charge in [0.1, 0.15) is 0 Å². The van der Waals surface area contributed by atoms with Gasteiger partial charge in [-0.05, 0) is 50.0 Å². The minimum Gasteiger partial charge on any atom is -0.314 e. The fourth-order valence-electron chi connectivity index (χ4n) is 2.97.